The summed E-state index contributed by atoms with van der Waals surface area (Å²) in [5.41, 5.74) is -1.09. The number of carbonyl (C=O) groups excluding carboxylic acids is 1. The molecular weight excluding hydrogens is 507 g/mol. The maximum absolute atomic E-state index is 11.8. The van der Waals surface area contributed by atoms with Crippen molar-refractivity contribution in [2.24, 2.45) is 0 Å². The molecular formula is C16H19Cl3N8O6. The Hall–Kier alpha value is -3.10. The van der Waals surface area contributed by atoms with Crippen molar-refractivity contribution in [3.05, 3.63) is 48.3 Å². The Morgan fingerprint density at radius 2 is 1.58 bits per heavy atom. The van der Waals surface area contributed by atoms with Crippen LogP contribution < -0.4 is 5.32 Å². The Kier molecular flexibility index (Phi) is 10.3. The Morgan fingerprint density at radius 3 is 2.03 bits per heavy atom. The molecule has 2 aromatic rings. The summed E-state index contributed by atoms with van der Waals surface area (Å²) in [6.07, 6.45) is 1.50. The number of nitro groups is 2. The van der Waals surface area contributed by atoms with E-state index in [1.807, 2.05) is 20.8 Å². The summed E-state index contributed by atoms with van der Waals surface area (Å²) in [5, 5.41) is 23.4. The summed E-state index contributed by atoms with van der Waals surface area (Å²) in [6, 6.07) is 0. The number of methoxy groups -OCH3 is 1. The predicted octanol–water partition coefficient (Wildman–Crippen LogP) is 4.01. The second kappa shape index (κ2) is 12.2. The van der Waals surface area contributed by atoms with Crippen LogP contribution in [0, 0.1) is 20.2 Å². The monoisotopic (exact) mass is 524 g/mol. The minimum absolute atomic E-state index is 0.00345. The summed E-state index contributed by atoms with van der Waals surface area (Å²) >= 11 is 16.3. The molecule has 0 aliphatic carbocycles. The highest BCUT2D eigenvalue weighted by molar-refractivity contribution is 6.33. The summed E-state index contributed by atoms with van der Waals surface area (Å²) < 4.78 is 4.73. The molecule has 2 heterocycles. The van der Waals surface area contributed by atoms with Crippen molar-refractivity contribution in [2.45, 2.75) is 26.3 Å². The van der Waals surface area contributed by atoms with Gasteiger partial charge in [0.1, 0.15) is 12.4 Å². The van der Waals surface area contributed by atoms with Crippen LogP contribution in [0.4, 0.5) is 22.0 Å². The van der Waals surface area contributed by atoms with Gasteiger partial charge < -0.3 is 15.0 Å². The Labute approximate surface area is 202 Å². The highest BCUT2D eigenvalue weighted by Gasteiger charge is 2.27. The zero-order valence-electron chi connectivity index (χ0n) is 17.8. The van der Waals surface area contributed by atoms with Crippen LogP contribution in [-0.4, -0.2) is 66.5 Å². The van der Waals surface area contributed by atoms with Crippen molar-refractivity contribution in [1.29, 1.82) is 0 Å². The van der Waals surface area contributed by atoms with Gasteiger partial charge in [0, 0.05) is 18.6 Å². The van der Waals surface area contributed by atoms with E-state index in [1.54, 1.807) is 0 Å². The van der Waals surface area contributed by atoms with Gasteiger partial charge in [0.15, 0.2) is 0 Å². The minimum Gasteiger partial charge on any atom is -0.453 e. The van der Waals surface area contributed by atoms with Gasteiger partial charge in [-0.05, 0) is 44.0 Å². The summed E-state index contributed by atoms with van der Waals surface area (Å²) in [7, 11) is 1.30. The van der Waals surface area contributed by atoms with E-state index in [1.165, 1.54) is 12.0 Å². The second-order valence-corrected chi connectivity index (χ2v) is 7.96. The number of anilines is 1. The van der Waals surface area contributed by atoms with Crippen molar-refractivity contribution >= 4 is 58.1 Å². The number of aromatic nitrogens is 4. The fraction of sp³-hybridized carbons (Fsp3) is 0.438. The van der Waals surface area contributed by atoms with Gasteiger partial charge in [-0.15, -0.1) is 0 Å². The van der Waals surface area contributed by atoms with Gasteiger partial charge in [-0.2, -0.15) is 9.97 Å². The molecule has 2 aromatic heterocycles. The van der Waals surface area contributed by atoms with E-state index in [4.69, 9.17) is 39.5 Å². The smallest absolute Gasteiger partial charge is 0.409 e. The number of halogens is 3. The molecule has 17 heteroatoms. The Morgan fingerprint density at radius 1 is 1.06 bits per heavy atom. The van der Waals surface area contributed by atoms with Crippen LogP contribution in [0.15, 0.2) is 12.4 Å². The minimum atomic E-state index is -0.682. The van der Waals surface area contributed by atoms with Crippen LogP contribution in [0.25, 0.3) is 0 Å². The lowest BCUT2D eigenvalue weighted by Gasteiger charge is -2.34. The second-order valence-electron chi connectivity index (χ2n) is 6.92. The third-order valence-corrected chi connectivity index (χ3v) is 4.30. The normalized spacial score (nSPS) is 10.5. The van der Waals surface area contributed by atoms with Gasteiger partial charge in [0.05, 0.1) is 17.0 Å². The SMILES string of the molecule is COC(=O)N(CCNc1nc(Cl)ncc1[N+](=O)[O-])C(C)(C)C.O=[N+]([O-])c1cnc(Cl)nc1Cl. The number of hydrogen-bond donors (Lipinski definition) is 1. The first kappa shape index (κ1) is 27.9. The Bertz CT molecular complexity index is 1020. The predicted molar refractivity (Wildman–Crippen MR) is 120 cm³/mol. The van der Waals surface area contributed by atoms with E-state index >= 15 is 0 Å². The molecule has 2 rings (SSSR count). The molecule has 0 bridgehead atoms. The van der Waals surface area contributed by atoms with Gasteiger partial charge in [0.2, 0.25) is 21.5 Å². The lowest BCUT2D eigenvalue weighted by Crippen LogP contribution is -2.47. The quantitative estimate of drug-likeness (QED) is 0.249. The molecule has 0 unspecified atom stereocenters. The molecule has 0 saturated heterocycles. The highest BCUT2D eigenvalue weighted by atomic mass is 35.5. The topological polar surface area (TPSA) is 179 Å². The van der Waals surface area contributed by atoms with Gasteiger partial charge in [-0.25, -0.2) is 14.8 Å². The van der Waals surface area contributed by atoms with E-state index < -0.39 is 21.5 Å². The third kappa shape index (κ3) is 8.75. The number of nitrogens with one attached hydrogen (secondary N) is 1. The molecule has 1 N–H and O–H groups in total. The van der Waals surface area contributed by atoms with E-state index in [-0.39, 0.29) is 46.0 Å². The molecule has 0 radical (unpaired) electrons. The standard InChI is InChI=1S/C12H18ClN5O4.C4HCl2N3O2/c1-12(2,3)17(11(19)22-4)6-5-14-9-8(18(20)21)7-15-10(13)16-9;5-3-2(9(10)11)1-7-4(6)8-3/h7H,5-6H2,1-4H3,(H,14,15,16);1H. The van der Waals surface area contributed by atoms with Gasteiger partial charge in [0.25, 0.3) is 0 Å². The van der Waals surface area contributed by atoms with Crippen LogP contribution in [-0.2, 0) is 4.74 Å². The van der Waals surface area contributed by atoms with E-state index in [9.17, 15) is 25.0 Å². The van der Waals surface area contributed by atoms with Crippen LogP contribution in [0.3, 0.4) is 0 Å². The molecule has 0 aromatic carbocycles. The molecule has 0 aliphatic rings. The van der Waals surface area contributed by atoms with Gasteiger partial charge >= 0.3 is 17.5 Å². The van der Waals surface area contributed by atoms with Crippen molar-refractivity contribution in [1.82, 2.24) is 24.8 Å². The van der Waals surface area contributed by atoms with Crippen molar-refractivity contribution in [2.75, 3.05) is 25.5 Å². The first-order valence-electron chi connectivity index (χ1n) is 8.86. The molecule has 0 atom stereocenters. The lowest BCUT2D eigenvalue weighted by molar-refractivity contribution is -0.385. The van der Waals surface area contributed by atoms with Crippen LogP contribution in [0.2, 0.25) is 15.7 Å². The first-order valence-corrected chi connectivity index (χ1v) is 10.00. The lowest BCUT2D eigenvalue weighted by atomic mass is 10.1. The van der Waals surface area contributed by atoms with E-state index in [0.29, 0.717) is 0 Å². The van der Waals surface area contributed by atoms with E-state index in [2.05, 4.69) is 25.3 Å². The fourth-order valence-corrected chi connectivity index (χ4v) is 2.68. The average molecular weight is 526 g/mol. The van der Waals surface area contributed by atoms with Crippen molar-refractivity contribution in [3.63, 3.8) is 0 Å². The van der Waals surface area contributed by atoms with Crippen LogP contribution >= 0.6 is 34.8 Å². The molecule has 0 aliphatic heterocycles. The zero-order chi connectivity index (χ0) is 25.3. The number of rotatable bonds is 6. The number of ether oxygens (including phenoxy) is 1. The van der Waals surface area contributed by atoms with E-state index in [0.717, 1.165) is 12.4 Å². The largest absolute Gasteiger partial charge is 0.453 e. The summed E-state index contributed by atoms with van der Waals surface area (Å²) in [5.74, 6) is 0.00345. The number of hydrogen-bond acceptors (Lipinski definition) is 11. The van der Waals surface area contributed by atoms with Crippen molar-refractivity contribution in [3.8, 4) is 0 Å². The Balaban J connectivity index is 0.000000412. The molecule has 0 saturated carbocycles. The van der Waals surface area contributed by atoms with Crippen molar-refractivity contribution < 1.29 is 19.4 Å². The van der Waals surface area contributed by atoms with Crippen LogP contribution in [0.1, 0.15) is 20.8 Å². The highest BCUT2D eigenvalue weighted by Crippen LogP contribution is 2.22. The summed E-state index contributed by atoms with van der Waals surface area (Å²) in [4.78, 5) is 47.1. The maximum atomic E-state index is 11.8. The van der Waals surface area contributed by atoms with Crippen LogP contribution in [0.5, 0.6) is 0 Å². The molecule has 180 valence electrons. The summed E-state index contributed by atoms with van der Waals surface area (Å²) in [6.45, 7) is 6.07. The number of nitrogens with zero attached hydrogens (tertiary/aromatic N) is 7. The third-order valence-electron chi connectivity index (χ3n) is 3.66. The van der Waals surface area contributed by atoms with Gasteiger partial charge in [-0.3, -0.25) is 20.2 Å². The first-order chi connectivity index (χ1) is 15.3. The fourth-order valence-electron chi connectivity index (χ4n) is 2.17. The maximum Gasteiger partial charge on any atom is 0.409 e. The molecule has 0 fully saturated rings. The average Bonchev–Trinajstić information content (AvgIpc) is 2.69. The zero-order valence-corrected chi connectivity index (χ0v) is 20.1. The van der Waals surface area contributed by atoms with Gasteiger partial charge in [-0.1, -0.05) is 11.6 Å². The molecule has 1 amide bonds. The molecule has 33 heavy (non-hydrogen) atoms. The number of carbonyl (C=O) groups is 1. The molecule has 0 spiro atoms. The number of amides is 1. The molecule has 14 nitrogen and oxygen atoms in total.